The van der Waals surface area contributed by atoms with Gasteiger partial charge in [0.2, 0.25) is 0 Å². The van der Waals surface area contributed by atoms with Crippen LogP contribution in [0, 0.1) is 0 Å². The van der Waals surface area contributed by atoms with Gasteiger partial charge in [0.25, 0.3) is 5.91 Å². The number of nitrogens with one attached hydrogen (secondary N) is 1. The number of ether oxygens (including phenoxy) is 4. The van der Waals surface area contributed by atoms with Gasteiger partial charge in [0.05, 0.1) is 31.6 Å². The van der Waals surface area contributed by atoms with Crippen LogP contribution in [0.5, 0.6) is 5.75 Å². The summed E-state index contributed by atoms with van der Waals surface area (Å²) in [7, 11) is 4.65. The van der Waals surface area contributed by atoms with Crippen molar-refractivity contribution in [2.45, 2.75) is 19.0 Å². The number of hydrogen-bond acceptors (Lipinski definition) is 7. The van der Waals surface area contributed by atoms with Crippen molar-refractivity contribution in [1.82, 2.24) is 20.3 Å². The van der Waals surface area contributed by atoms with E-state index in [-0.39, 0.29) is 19.1 Å². The summed E-state index contributed by atoms with van der Waals surface area (Å²) < 4.78 is 23.4. The number of methoxy groups -OCH3 is 3. The summed E-state index contributed by atoms with van der Waals surface area (Å²) in [6.07, 6.45) is -1.35. The van der Waals surface area contributed by atoms with E-state index in [9.17, 15) is 4.79 Å². The molecule has 3 aromatic rings. The summed E-state index contributed by atoms with van der Waals surface area (Å²) in [5.41, 5.74) is 3.72. The Morgan fingerprint density at radius 3 is 2.77 bits per heavy atom. The maximum Gasteiger partial charge on any atom is 0.254 e. The average Bonchev–Trinajstić information content (AvgIpc) is 3.16. The minimum Gasteiger partial charge on any atom is -0.497 e. The first-order chi connectivity index (χ1) is 15.2. The Labute approximate surface area is 179 Å². The lowest BCUT2D eigenvalue weighted by molar-refractivity contribution is -0.139. The van der Waals surface area contributed by atoms with Crippen molar-refractivity contribution >= 4 is 5.91 Å². The summed E-state index contributed by atoms with van der Waals surface area (Å²) in [5, 5.41) is 11.6. The molecule has 31 heavy (non-hydrogen) atoms. The molecule has 1 atom stereocenters. The van der Waals surface area contributed by atoms with Gasteiger partial charge in [-0.1, -0.05) is 35.5 Å². The van der Waals surface area contributed by atoms with Crippen molar-refractivity contribution in [2.75, 3.05) is 27.9 Å². The largest absolute Gasteiger partial charge is 0.497 e. The second-order valence-electron chi connectivity index (χ2n) is 6.92. The van der Waals surface area contributed by atoms with Crippen molar-refractivity contribution in [3.63, 3.8) is 0 Å². The van der Waals surface area contributed by atoms with Crippen LogP contribution in [-0.4, -0.2) is 55.1 Å². The number of aromatic nitrogens is 3. The van der Waals surface area contributed by atoms with Crippen molar-refractivity contribution < 1.29 is 23.7 Å². The molecule has 4 rings (SSSR count). The summed E-state index contributed by atoms with van der Waals surface area (Å²) in [6.45, 7) is 0.360. The number of rotatable bonds is 7. The summed E-state index contributed by atoms with van der Waals surface area (Å²) in [6, 6.07) is 15.1. The van der Waals surface area contributed by atoms with E-state index < -0.39 is 12.4 Å². The van der Waals surface area contributed by atoms with E-state index in [1.165, 1.54) is 14.2 Å². The van der Waals surface area contributed by atoms with Gasteiger partial charge >= 0.3 is 0 Å². The highest BCUT2D eigenvalue weighted by molar-refractivity contribution is 5.83. The fourth-order valence-electron chi connectivity index (χ4n) is 3.53. The van der Waals surface area contributed by atoms with E-state index in [1.54, 1.807) is 11.8 Å². The first kappa shape index (κ1) is 21.0. The van der Waals surface area contributed by atoms with Gasteiger partial charge in [-0.05, 0) is 18.2 Å². The molecule has 1 N–H and O–H groups in total. The molecule has 0 fully saturated rings. The van der Waals surface area contributed by atoms with Gasteiger partial charge in [-0.15, -0.1) is 5.10 Å². The Morgan fingerprint density at radius 1 is 1.19 bits per heavy atom. The summed E-state index contributed by atoms with van der Waals surface area (Å²) in [4.78, 5) is 13.0. The van der Waals surface area contributed by atoms with Crippen molar-refractivity contribution in [1.29, 1.82) is 0 Å². The zero-order chi connectivity index (χ0) is 21.8. The van der Waals surface area contributed by atoms with Crippen LogP contribution in [0.1, 0.15) is 17.4 Å². The number of fused-ring (bicyclic) bond motifs is 3. The molecule has 1 aliphatic heterocycles. The Hall–Kier alpha value is -3.27. The molecule has 1 unspecified atom stereocenters. The SMILES string of the molecule is COc1cccc(-c2nnn3c2COC(C(=O)NCC(OC)OC)c2ccccc2-3)c1. The molecule has 0 bridgehead atoms. The highest BCUT2D eigenvalue weighted by Crippen LogP contribution is 2.34. The van der Waals surface area contributed by atoms with Crippen LogP contribution < -0.4 is 10.1 Å². The minimum atomic E-state index is -0.814. The van der Waals surface area contributed by atoms with Crippen molar-refractivity contribution in [2.24, 2.45) is 0 Å². The topological polar surface area (TPSA) is 96.7 Å². The van der Waals surface area contributed by atoms with Gasteiger partial charge in [0.1, 0.15) is 11.4 Å². The fourth-order valence-corrected chi connectivity index (χ4v) is 3.53. The molecule has 0 saturated heterocycles. The first-order valence-electron chi connectivity index (χ1n) is 9.79. The van der Waals surface area contributed by atoms with Gasteiger partial charge < -0.3 is 24.3 Å². The van der Waals surface area contributed by atoms with E-state index in [1.807, 2.05) is 48.5 Å². The van der Waals surface area contributed by atoms with Crippen LogP contribution in [0.3, 0.4) is 0 Å². The zero-order valence-electron chi connectivity index (χ0n) is 17.6. The third-order valence-corrected chi connectivity index (χ3v) is 5.15. The van der Waals surface area contributed by atoms with Crippen LogP contribution in [-0.2, 0) is 25.6 Å². The van der Waals surface area contributed by atoms with E-state index in [2.05, 4.69) is 15.6 Å². The Kier molecular flexibility index (Phi) is 6.26. The molecule has 1 aromatic heterocycles. The number of carbonyl (C=O) groups is 1. The highest BCUT2D eigenvalue weighted by atomic mass is 16.7. The van der Waals surface area contributed by atoms with Crippen LogP contribution in [0.2, 0.25) is 0 Å². The van der Waals surface area contributed by atoms with Gasteiger partial charge in [-0.2, -0.15) is 0 Å². The molecule has 1 amide bonds. The third-order valence-electron chi connectivity index (χ3n) is 5.15. The van der Waals surface area contributed by atoms with Crippen molar-refractivity contribution in [3.05, 3.63) is 59.8 Å². The normalized spacial score (nSPS) is 15.2. The molecule has 162 valence electrons. The molecule has 9 nitrogen and oxygen atoms in total. The second-order valence-corrected chi connectivity index (χ2v) is 6.92. The van der Waals surface area contributed by atoms with Crippen LogP contribution in [0.15, 0.2) is 48.5 Å². The summed E-state index contributed by atoms with van der Waals surface area (Å²) in [5.74, 6) is 0.436. The molecule has 1 aliphatic rings. The molecule has 0 radical (unpaired) electrons. The molecule has 2 heterocycles. The monoisotopic (exact) mass is 424 g/mol. The number of para-hydroxylation sites is 1. The van der Waals surface area contributed by atoms with Crippen molar-refractivity contribution in [3.8, 4) is 22.7 Å². The predicted octanol–water partition coefficient (Wildman–Crippen LogP) is 2.25. The van der Waals surface area contributed by atoms with Gasteiger partial charge in [0.15, 0.2) is 12.4 Å². The Bertz CT molecular complexity index is 1060. The Morgan fingerprint density at radius 2 is 2.00 bits per heavy atom. The maximum absolute atomic E-state index is 13.0. The van der Waals surface area contributed by atoms with E-state index in [0.29, 0.717) is 11.3 Å². The average molecular weight is 424 g/mol. The molecule has 0 saturated carbocycles. The van der Waals surface area contributed by atoms with Crippen LogP contribution >= 0.6 is 0 Å². The van der Waals surface area contributed by atoms with E-state index in [0.717, 1.165) is 22.7 Å². The second kappa shape index (κ2) is 9.25. The Balaban J connectivity index is 1.67. The number of nitrogens with zero attached hydrogens (tertiary/aromatic N) is 3. The molecule has 9 heteroatoms. The van der Waals surface area contributed by atoms with Gasteiger partial charge in [0, 0.05) is 25.3 Å². The lowest BCUT2D eigenvalue weighted by atomic mass is 10.1. The molecule has 0 aliphatic carbocycles. The predicted molar refractivity (Wildman–Crippen MR) is 112 cm³/mol. The number of benzene rings is 2. The van der Waals surface area contributed by atoms with Crippen LogP contribution in [0.4, 0.5) is 0 Å². The molecule has 0 spiro atoms. The quantitative estimate of drug-likeness (QED) is 0.581. The van der Waals surface area contributed by atoms with E-state index >= 15 is 0 Å². The maximum atomic E-state index is 13.0. The molecular weight excluding hydrogens is 400 g/mol. The fraction of sp³-hybridized carbons (Fsp3) is 0.318. The third kappa shape index (κ3) is 4.15. The first-order valence-corrected chi connectivity index (χ1v) is 9.79. The molecular formula is C22H24N4O5. The summed E-state index contributed by atoms with van der Waals surface area (Å²) >= 11 is 0. The number of amides is 1. The number of hydrogen-bond donors (Lipinski definition) is 1. The van der Waals surface area contributed by atoms with Gasteiger partial charge in [-0.3, -0.25) is 4.79 Å². The standard InChI is InChI=1S/C22H24N4O5/c1-28-15-8-6-7-14(11-15)20-18-13-31-21(22(27)23-12-19(29-2)30-3)16-9-4-5-10-17(16)26(18)25-24-20/h4-11,19,21H,12-13H2,1-3H3,(H,23,27). The zero-order valence-corrected chi connectivity index (χ0v) is 17.6. The molecule has 2 aromatic carbocycles. The highest BCUT2D eigenvalue weighted by Gasteiger charge is 2.31. The number of carbonyl (C=O) groups excluding carboxylic acids is 1. The minimum absolute atomic E-state index is 0.157. The lowest BCUT2D eigenvalue weighted by Gasteiger charge is -2.19. The van der Waals surface area contributed by atoms with Crippen LogP contribution in [0.25, 0.3) is 16.9 Å². The smallest absolute Gasteiger partial charge is 0.254 e. The lowest BCUT2D eigenvalue weighted by Crippen LogP contribution is -2.37. The van der Waals surface area contributed by atoms with E-state index in [4.69, 9.17) is 18.9 Å². The van der Waals surface area contributed by atoms with Gasteiger partial charge in [-0.25, -0.2) is 4.68 Å².